The Kier molecular flexibility index (Phi) is 12.0. The fourth-order valence-corrected chi connectivity index (χ4v) is 3.22. The topological polar surface area (TPSA) is 265 Å². The van der Waals surface area contributed by atoms with Crippen LogP contribution in [0.4, 0.5) is 0 Å². The number of nitrogens with zero attached hydrogens (tertiary/aromatic N) is 1. The summed E-state index contributed by atoms with van der Waals surface area (Å²) in [5, 5.41) is 16.5. The van der Waals surface area contributed by atoms with Gasteiger partial charge in [0.15, 0.2) is 0 Å². The van der Waals surface area contributed by atoms with Crippen LogP contribution in [-0.4, -0.2) is 74.7 Å². The molecule has 0 fully saturated rings. The Bertz CT molecular complexity index is 935. The summed E-state index contributed by atoms with van der Waals surface area (Å²) in [4.78, 5) is 79.1. The first-order chi connectivity index (χ1) is 16.8. The number of aromatic amines is 1. The lowest BCUT2D eigenvalue weighted by Gasteiger charge is -2.25. The number of carboxylic acid groups (broad SMARTS) is 1. The van der Waals surface area contributed by atoms with Gasteiger partial charge in [-0.25, -0.2) is 9.78 Å². The van der Waals surface area contributed by atoms with Crippen molar-refractivity contribution in [3.8, 4) is 0 Å². The number of carboxylic acids is 1. The average molecular weight is 511 g/mol. The van der Waals surface area contributed by atoms with Gasteiger partial charge in [-0.15, -0.1) is 0 Å². The number of amides is 5. The summed E-state index contributed by atoms with van der Waals surface area (Å²) in [5.41, 5.74) is 16.6. The second-order valence-electron chi connectivity index (χ2n) is 8.71. The van der Waals surface area contributed by atoms with Gasteiger partial charge in [-0.2, -0.15) is 0 Å². The van der Waals surface area contributed by atoms with E-state index in [1.54, 1.807) is 0 Å². The molecule has 1 rings (SSSR count). The van der Waals surface area contributed by atoms with E-state index in [-0.39, 0.29) is 25.2 Å². The number of carbonyl (C=O) groups is 6. The molecule has 5 amide bonds. The van der Waals surface area contributed by atoms with E-state index in [0.717, 1.165) is 0 Å². The van der Waals surface area contributed by atoms with Gasteiger partial charge in [-0.1, -0.05) is 13.8 Å². The standard InChI is InChI=1S/C21H34N8O7/c1-10(2)5-12(22)18(32)28-14(7-17(24)31)20(34)27-13(3-4-16(23)30)19(33)29-15(21(35)36)6-11-8-25-9-26-11/h8-10,12-15H,3-7,22H2,1-2H3,(H2,23,30)(H2,24,31)(H,25,26)(H,27,34)(H,28,32)(H,29,33)(H,35,36). The van der Waals surface area contributed by atoms with Gasteiger partial charge < -0.3 is 43.2 Å². The number of primary amides is 2. The Labute approximate surface area is 207 Å². The van der Waals surface area contributed by atoms with E-state index in [2.05, 4.69) is 25.9 Å². The zero-order valence-electron chi connectivity index (χ0n) is 20.2. The van der Waals surface area contributed by atoms with Crippen LogP contribution in [0.15, 0.2) is 12.5 Å². The molecule has 0 aliphatic heterocycles. The van der Waals surface area contributed by atoms with Crippen molar-refractivity contribution in [1.29, 1.82) is 0 Å². The average Bonchev–Trinajstić information content (AvgIpc) is 3.27. The van der Waals surface area contributed by atoms with Crippen LogP contribution in [0.2, 0.25) is 0 Å². The number of hydrogen-bond donors (Lipinski definition) is 8. The summed E-state index contributed by atoms with van der Waals surface area (Å²) >= 11 is 0. The summed E-state index contributed by atoms with van der Waals surface area (Å²) in [7, 11) is 0. The van der Waals surface area contributed by atoms with Crippen molar-refractivity contribution in [3.05, 3.63) is 18.2 Å². The Morgan fingerprint density at radius 2 is 1.53 bits per heavy atom. The van der Waals surface area contributed by atoms with Gasteiger partial charge in [0.05, 0.1) is 18.8 Å². The number of aromatic nitrogens is 2. The van der Waals surface area contributed by atoms with Crippen LogP contribution in [0.3, 0.4) is 0 Å². The Hall–Kier alpha value is -4.01. The number of H-pyrrole nitrogens is 1. The number of carbonyl (C=O) groups excluding carboxylic acids is 5. The van der Waals surface area contributed by atoms with Crippen molar-refractivity contribution in [2.75, 3.05) is 0 Å². The molecule has 0 saturated heterocycles. The van der Waals surface area contributed by atoms with E-state index in [1.165, 1.54) is 12.5 Å². The summed E-state index contributed by atoms with van der Waals surface area (Å²) in [6, 6.07) is -5.22. The molecule has 1 aromatic heterocycles. The number of imidazole rings is 1. The second kappa shape index (κ2) is 14.4. The predicted octanol–water partition coefficient (Wildman–Crippen LogP) is -2.99. The lowest BCUT2D eigenvalue weighted by atomic mass is 10.0. The van der Waals surface area contributed by atoms with Crippen molar-refractivity contribution in [1.82, 2.24) is 25.9 Å². The van der Waals surface area contributed by atoms with Crippen LogP contribution in [-0.2, 0) is 35.2 Å². The molecule has 0 aliphatic carbocycles. The van der Waals surface area contributed by atoms with Gasteiger partial charge in [-0.3, -0.25) is 24.0 Å². The molecule has 4 atom stereocenters. The number of hydrogen-bond acceptors (Lipinski definition) is 8. The van der Waals surface area contributed by atoms with Gasteiger partial charge in [0.2, 0.25) is 29.5 Å². The minimum atomic E-state index is -1.46. The van der Waals surface area contributed by atoms with Crippen molar-refractivity contribution in [2.24, 2.45) is 23.1 Å². The molecule has 1 heterocycles. The molecule has 200 valence electrons. The molecule has 0 aliphatic rings. The van der Waals surface area contributed by atoms with Gasteiger partial charge >= 0.3 is 5.97 Å². The van der Waals surface area contributed by atoms with Crippen LogP contribution in [0.1, 0.15) is 45.2 Å². The number of rotatable bonds is 16. The SMILES string of the molecule is CC(C)CC(N)C(=O)NC(CC(N)=O)C(=O)NC(CCC(N)=O)C(=O)NC(Cc1cnc[nH]1)C(=O)O. The van der Waals surface area contributed by atoms with E-state index in [4.69, 9.17) is 17.2 Å². The molecule has 0 spiro atoms. The molecule has 0 bridgehead atoms. The molecule has 11 N–H and O–H groups in total. The first kappa shape index (κ1) is 30.0. The van der Waals surface area contributed by atoms with Crippen LogP contribution in [0.5, 0.6) is 0 Å². The van der Waals surface area contributed by atoms with Gasteiger partial charge in [0.25, 0.3) is 0 Å². The normalized spacial score (nSPS) is 14.2. The highest BCUT2D eigenvalue weighted by Gasteiger charge is 2.31. The van der Waals surface area contributed by atoms with E-state index < -0.39 is 66.1 Å². The highest BCUT2D eigenvalue weighted by Crippen LogP contribution is 2.06. The molecule has 36 heavy (non-hydrogen) atoms. The predicted molar refractivity (Wildman–Crippen MR) is 125 cm³/mol. The second-order valence-corrected chi connectivity index (χ2v) is 8.71. The zero-order chi connectivity index (χ0) is 27.4. The number of nitrogens with one attached hydrogen (secondary N) is 4. The third kappa shape index (κ3) is 10.9. The van der Waals surface area contributed by atoms with Gasteiger partial charge in [0, 0.05) is 24.7 Å². The fraction of sp³-hybridized carbons (Fsp3) is 0.571. The van der Waals surface area contributed by atoms with Crippen molar-refractivity contribution >= 4 is 35.5 Å². The molecule has 15 nitrogen and oxygen atoms in total. The maximum atomic E-state index is 12.9. The number of aliphatic carboxylic acids is 1. The first-order valence-corrected chi connectivity index (χ1v) is 11.2. The third-order valence-electron chi connectivity index (χ3n) is 5.01. The van der Waals surface area contributed by atoms with Gasteiger partial charge in [0.1, 0.15) is 18.1 Å². The number of nitrogens with two attached hydrogens (primary N) is 3. The summed E-state index contributed by atoms with van der Waals surface area (Å²) < 4.78 is 0. The van der Waals surface area contributed by atoms with Crippen LogP contribution in [0.25, 0.3) is 0 Å². The highest BCUT2D eigenvalue weighted by molar-refractivity contribution is 5.96. The molecule has 0 radical (unpaired) electrons. The molecule has 15 heteroatoms. The van der Waals surface area contributed by atoms with Crippen LogP contribution in [0, 0.1) is 5.92 Å². The van der Waals surface area contributed by atoms with Crippen molar-refractivity contribution in [2.45, 2.75) is 70.1 Å². The highest BCUT2D eigenvalue weighted by atomic mass is 16.4. The molecule has 1 aromatic rings. The van der Waals surface area contributed by atoms with Gasteiger partial charge in [-0.05, 0) is 18.8 Å². The van der Waals surface area contributed by atoms with Crippen LogP contribution >= 0.6 is 0 Å². The van der Waals surface area contributed by atoms with E-state index in [0.29, 0.717) is 12.1 Å². The lowest BCUT2D eigenvalue weighted by Crippen LogP contribution is -2.58. The van der Waals surface area contributed by atoms with Crippen molar-refractivity contribution < 1.29 is 33.9 Å². The smallest absolute Gasteiger partial charge is 0.326 e. The van der Waals surface area contributed by atoms with Crippen LogP contribution < -0.4 is 33.2 Å². The van der Waals surface area contributed by atoms with E-state index >= 15 is 0 Å². The maximum absolute atomic E-state index is 12.9. The molecule has 0 saturated carbocycles. The van der Waals surface area contributed by atoms with E-state index in [1.807, 2.05) is 13.8 Å². The lowest BCUT2D eigenvalue weighted by molar-refractivity contribution is -0.142. The zero-order valence-corrected chi connectivity index (χ0v) is 20.2. The summed E-state index contributed by atoms with van der Waals surface area (Å²) in [6.07, 6.45) is 1.73. The van der Waals surface area contributed by atoms with E-state index in [9.17, 15) is 33.9 Å². The Balaban J connectivity index is 3.02. The minimum Gasteiger partial charge on any atom is -0.480 e. The maximum Gasteiger partial charge on any atom is 0.326 e. The first-order valence-electron chi connectivity index (χ1n) is 11.2. The third-order valence-corrected chi connectivity index (χ3v) is 5.01. The quantitative estimate of drug-likeness (QED) is 0.112. The Morgan fingerprint density at radius 3 is 2.03 bits per heavy atom. The molecule has 4 unspecified atom stereocenters. The molecular weight excluding hydrogens is 476 g/mol. The minimum absolute atomic E-state index is 0.0833. The summed E-state index contributed by atoms with van der Waals surface area (Å²) in [5.74, 6) is -5.52. The molecule has 0 aromatic carbocycles. The largest absolute Gasteiger partial charge is 0.480 e. The van der Waals surface area contributed by atoms with Crippen molar-refractivity contribution in [3.63, 3.8) is 0 Å². The monoisotopic (exact) mass is 510 g/mol. The Morgan fingerprint density at radius 1 is 0.944 bits per heavy atom. The fourth-order valence-electron chi connectivity index (χ4n) is 3.22. The summed E-state index contributed by atoms with van der Waals surface area (Å²) in [6.45, 7) is 3.69. The molecular formula is C21H34N8O7.